The van der Waals surface area contributed by atoms with Gasteiger partial charge in [0.15, 0.2) is 0 Å². The van der Waals surface area contributed by atoms with Crippen molar-refractivity contribution in [1.82, 2.24) is 0 Å². The van der Waals surface area contributed by atoms with E-state index >= 15 is 0 Å². The molecule has 6 nitrogen and oxygen atoms in total. The minimum absolute atomic E-state index is 0.124. The Hall–Kier alpha value is -2.77. The fourth-order valence-electron chi connectivity index (χ4n) is 1.38. The van der Waals surface area contributed by atoms with Crippen LogP contribution in [0.15, 0.2) is 29.4 Å². The molecule has 0 bridgehead atoms. The Balaban J connectivity index is 2.53. The molecule has 0 fully saturated rings. The van der Waals surface area contributed by atoms with E-state index in [0.717, 1.165) is 5.56 Å². The highest BCUT2D eigenvalue weighted by atomic mass is 16.2. The van der Waals surface area contributed by atoms with Gasteiger partial charge in [0, 0.05) is 29.1 Å². The molecule has 1 aromatic carbocycles. The number of hydrogen-bond acceptors (Lipinski definition) is 3. The number of benzene rings is 1. The van der Waals surface area contributed by atoms with E-state index in [0.29, 0.717) is 18.7 Å². The molecule has 1 N–H and O–H groups in total. The highest BCUT2D eigenvalue weighted by Crippen LogP contribution is 2.09. The first-order chi connectivity index (χ1) is 9.61. The second kappa shape index (κ2) is 8.35. The third-order valence-corrected chi connectivity index (χ3v) is 2.21. The Morgan fingerprint density at radius 3 is 2.65 bits per heavy atom. The van der Waals surface area contributed by atoms with Crippen LogP contribution in [0.1, 0.15) is 25.3 Å². The molecule has 1 aromatic rings. The maximum absolute atomic E-state index is 11.4. The maximum Gasteiger partial charge on any atom is 0.231 e. The predicted octanol–water partition coefficient (Wildman–Crippen LogP) is 2.66. The first-order valence-electron chi connectivity index (χ1n) is 6.01. The van der Waals surface area contributed by atoms with Crippen LogP contribution in [-0.2, 0) is 9.59 Å². The summed E-state index contributed by atoms with van der Waals surface area (Å²) in [5, 5.41) is 6.00. The average Bonchev–Trinajstić information content (AvgIpc) is 2.39. The van der Waals surface area contributed by atoms with Crippen molar-refractivity contribution in [2.75, 3.05) is 11.9 Å². The van der Waals surface area contributed by atoms with E-state index in [4.69, 9.17) is 5.53 Å². The molecule has 1 rings (SSSR count). The highest BCUT2D eigenvalue weighted by Gasteiger charge is 2.04. The van der Waals surface area contributed by atoms with Gasteiger partial charge in [0.05, 0.1) is 6.42 Å². The topological polar surface area (TPSA) is 94.9 Å². The summed E-state index contributed by atoms with van der Waals surface area (Å²) in [4.78, 5) is 24.8. The van der Waals surface area contributed by atoms with Crippen molar-refractivity contribution in [3.8, 4) is 11.8 Å². The quantitative estimate of drug-likeness (QED) is 0.222. The van der Waals surface area contributed by atoms with Crippen molar-refractivity contribution in [3.63, 3.8) is 0 Å². The third-order valence-electron chi connectivity index (χ3n) is 2.21. The molecule has 102 valence electrons. The van der Waals surface area contributed by atoms with Crippen LogP contribution in [0.3, 0.4) is 0 Å². The molecule has 0 aliphatic heterocycles. The van der Waals surface area contributed by atoms with Crippen LogP contribution < -0.4 is 5.32 Å². The molecule has 0 saturated carbocycles. The summed E-state index contributed by atoms with van der Waals surface area (Å²) in [5.41, 5.74) is 9.52. The van der Waals surface area contributed by atoms with Gasteiger partial charge in [-0.3, -0.25) is 9.59 Å². The number of azide groups is 1. The summed E-state index contributed by atoms with van der Waals surface area (Å²) in [7, 11) is 0. The van der Waals surface area contributed by atoms with Gasteiger partial charge in [-0.2, -0.15) is 0 Å². The van der Waals surface area contributed by atoms with E-state index < -0.39 is 0 Å². The lowest BCUT2D eigenvalue weighted by atomic mass is 10.2. The average molecular weight is 270 g/mol. The van der Waals surface area contributed by atoms with Crippen LogP contribution in [0, 0.1) is 11.8 Å². The number of nitrogens with one attached hydrogen (secondary N) is 1. The lowest BCUT2D eigenvalue weighted by molar-refractivity contribution is -0.124. The molecule has 0 radical (unpaired) electrons. The number of amides is 1. The monoisotopic (exact) mass is 270 g/mol. The van der Waals surface area contributed by atoms with Gasteiger partial charge in [-0.15, -0.1) is 0 Å². The summed E-state index contributed by atoms with van der Waals surface area (Å²) < 4.78 is 0. The number of carbonyl (C=O) groups excluding carboxylic acids is 2. The van der Waals surface area contributed by atoms with Crippen molar-refractivity contribution >= 4 is 17.4 Å². The van der Waals surface area contributed by atoms with E-state index in [2.05, 4.69) is 27.2 Å². The largest absolute Gasteiger partial charge is 0.326 e. The van der Waals surface area contributed by atoms with Gasteiger partial charge in [-0.1, -0.05) is 17.0 Å². The molecular weight excluding hydrogens is 256 g/mol. The molecule has 6 heteroatoms. The zero-order valence-corrected chi connectivity index (χ0v) is 11.1. The molecule has 0 aromatic heterocycles. The molecule has 0 saturated heterocycles. The number of hydrogen-bond donors (Lipinski definition) is 1. The van der Waals surface area contributed by atoms with Crippen molar-refractivity contribution in [2.45, 2.75) is 19.8 Å². The van der Waals surface area contributed by atoms with Gasteiger partial charge in [-0.05, 0) is 36.7 Å². The summed E-state index contributed by atoms with van der Waals surface area (Å²) >= 11 is 0. The van der Waals surface area contributed by atoms with Gasteiger partial charge in [-0.25, -0.2) is 0 Å². The summed E-state index contributed by atoms with van der Waals surface area (Å²) in [6.07, 6.45) is 0.377. The number of carbonyl (C=O) groups is 2. The zero-order valence-electron chi connectivity index (χ0n) is 11.1. The first kappa shape index (κ1) is 15.3. The van der Waals surface area contributed by atoms with E-state index in [9.17, 15) is 9.59 Å². The van der Waals surface area contributed by atoms with Gasteiger partial charge in [0.2, 0.25) is 5.91 Å². The van der Waals surface area contributed by atoms with Crippen LogP contribution in [0.5, 0.6) is 0 Å². The van der Waals surface area contributed by atoms with Gasteiger partial charge in [0.25, 0.3) is 0 Å². The first-order valence-corrected chi connectivity index (χ1v) is 6.01. The molecule has 0 aliphatic rings. The molecule has 0 unspecified atom stereocenters. The van der Waals surface area contributed by atoms with E-state index in [1.807, 2.05) is 0 Å². The molecule has 0 atom stereocenters. The van der Waals surface area contributed by atoms with Crippen LogP contribution in [0.2, 0.25) is 0 Å². The normalized spacial score (nSPS) is 8.85. The minimum Gasteiger partial charge on any atom is -0.326 e. The number of rotatable bonds is 5. The Morgan fingerprint density at radius 2 is 2.05 bits per heavy atom. The molecular formula is C14H14N4O2. The van der Waals surface area contributed by atoms with E-state index in [-0.39, 0.29) is 18.1 Å². The standard InChI is InChI=1S/C14H14N4O2/c1-11(19)10-14(20)17-13-7-5-12(6-8-13)4-2-3-9-16-18-15/h5-8H,3,9-10H2,1H3,(H,17,20). The Labute approximate surface area is 116 Å². The van der Waals surface area contributed by atoms with Gasteiger partial charge < -0.3 is 5.32 Å². The van der Waals surface area contributed by atoms with Gasteiger partial charge in [0.1, 0.15) is 5.78 Å². The maximum atomic E-state index is 11.4. The molecule has 1 amide bonds. The van der Waals surface area contributed by atoms with Crippen LogP contribution in [-0.4, -0.2) is 18.2 Å². The summed E-state index contributed by atoms with van der Waals surface area (Å²) in [6, 6.07) is 6.97. The fourth-order valence-corrected chi connectivity index (χ4v) is 1.38. The highest BCUT2D eigenvalue weighted by molar-refractivity contribution is 6.03. The molecule has 0 heterocycles. The van der Waals surface area contributed by atoms with Crippen molar-refractivity contribution in [3.05, 3.63) is 40.3 Å². The van der Waals surface area contributed by atoms with Gasteiger partial charge >= 0.3 is 0 Å². The van der Waals surface area contributed by atoms with Crippen LogP contribution in [0.4, 0.5) is 5.69 Å². The Bertz CT molecular complexity index is 590. The second-order valence-corrected chi connectivity index (χ2v) is 4.01. The number of nitrogens with zero attached hydrogens (tertiary/aromatic N) is 3. The van der Waals surface area contributed by atoms with Crippen LogP contribution >= 0.6 is 0 Å². The smallest absolute Gasteiger partial charge is 0.231 e. The Kier molecular flexibility index (Phi) is 6.38. The van der Waals surface area contributed by atoms with E-state index in [1.54, 1.807) is 24.3 Å². The molecule has 0 aliphatic carbocycles. The lowest BCUT2D eigenvalue weighted by Crippen LogP contribution is -2.14. The minimum atomic E-state index is -0.328. The molecule has 0 spiro atoms. The number of ketones is 1. The fraction of sp³-hybridized carbons (Fsp3) is 0.286. The summed E-state index contributed by atoms with van der Waals surface area (Å²) in [5.74, 6) is 5.29. The second-order valence-electron chi connectivity index (χ2n) is 4.01. The lowest BCUT2D eigenvalue weighted by Gasteiger charge is -2.03. The van der Waals surface area contributed by atoms with Crippen molar-refractivity contribution < 1.29 is 9.59 Å². The third kappa shape index (κ3) is 6.24. The number of Topliss-reactive ketones (excluding diaryl/α,β-unsaturated/α-hetero) is 1. The predicted molar refractivity (Wildman–Crippen MR) is 75.9 cm³/mol. The Morgan fingerprint density at radius 1 is 1.35 bits per heavy atom. The SMILES string of the molecule is CC(=O)CC(=O)Nc1ccc(C#CCCN=[N+]=[N-])cc1. The van der Waals surface area contributed by atoms with Crippen molar-refractivity contribution in [2.24, 2.45) is 5.11 Å². The van der Waals surface area contributed by atoms with E-state index in [1.165, 1.54) is 6.92 Å². The van der Waals surface area contributed by atoms with Crippen LogP contribution in [0.25, 0.3) is 10.4 Å². The van der Waals surface area contributed by atoms with Crippen molar-refractivity contribution in [1.29, 1.82) is 0 Å². The molecule has 20 heavy (non-hydrogen) atoms. The zero-order chi connectivity index (χ0) is 14.8. The number of anilines is 1. The summed E-state index contributed by atoms with van der Waals surface area (Å²) in [6.45, 7) is 1.72.